The molecule has 2 aromatic rings. The number of ether oxygens (including phenoxy) is 1. The van der Waals surface area contributed by atoms with E-state index in [0.29, 0.717) is 5.92 Å². The first-order valence-electron chi connectivity index (χ1n) is 9.13. The topological polar surface area (TPSA) is 41.6 Å². The van der Waals surface area contributed by atoms with Crippen LogP contribution >= 0.6 is 0 Å². The van der Waals surface area contributed by atoms with Crippen molar-refractivity contribution in [1.82, 2.24) is 4.90 Å². The lowest BCUT2D eigenvalue weighted by Gasteiger charge is -2.44. The monoisotopic (exact) mass is 334 g/mol. The first kappa shape index (κ1) is 15.0. The Morgan fingerprint density at radius 1 is 1.00 bits per heavy atom. The van der Waals surface area contributed by atoms with Gasteiger partial charge in [0.1, 0.15) is 11.9 Å². The molecule has 0 unspecified atom stereocenters. The van der Waals surface area contributed by atoms with Crippen molar-refractivity contribution in [3.05, 3.63) is 47.5 Å². The first-order chi connectivity index (χ1) is 12.2. The molecule has 4 heteroatoms. The lowest BCUT2D eigenvalue weighted by molar-refractivity contribution is -0.00777. The Morgan fingerprint density at radius 2 is 1.72 bits per heavy atom. The predicted molar refractivity (Wildman–Crippen MR) is 98.4 cm³/mol. The number of hydrogen-bond donors (Lipinski definition) is 1. The fraction of sp³-hybridized carbons (Fsp3) is 0.381. The minimum absolute atomic E-state index is 0.0986. The molecule has 25 heavy (non-hydrogen) atoms. The summed E-state index contributed by atoms with van der Waals surface area (Å²) in [4.78, 5) is 15.3. The molecular formula is C21H22N2O2. The highest BCUT2D eigenvalue weighted by Gasteiger charge is 2.36. The molecule has 1 N–H and O–H groups in total. The molecule has 3 saturated heterocycles. The van der Waals surface area contributed by atoms with Gasteiger partial charge in [0.15, 0.2) is 5.78 Å². The standard InChI is InChI=1S/C21H22N2O2/c1-22-14-2-4-16-17-5-3-15(11-19(17)21(24)18(16)10-14)25-20-12-23-8-6-13(20)7-9-23/h2-5,10-11,13,20,22H,6-9,12H2,1H3/t20-/m1/s1. The summed E-state index contributed by atoms with van der Waals surface area (Å²) in [5.74, 6) is 1.58. The fourth-order valence-electron chi connectivity index (χ4n) is 4.51. The zero-order chi connectivity index (χ0) is 17.0. The molecule has 4 nitrogen and oxygen atoms in total. The van der Waals surface area contributed by atoms with E-state index in [0.717, 1.165) is 40.2 Å². The van der Waals surface area contributed by atoms with Gasteiger partial charge >= 0.3 is 0 Å². The second-order valence-corrected chi connectivity index (χ2v) is 7.34. The molecule has 2 aromatic carbocycles. The normalized spacial score (nSPS) is 26.3. The highest BCUT2D eigenvalue weighted by Crippen LogP contribution is 2.40. The number of carbonyl (C=O) groups excluding carboxylic acids is 1. The van der Waals surface area contributed by atoms with Gasteiger partial charge in [0.05, 0.1) is 0 Å². The maximum absolute atomic E-state index is 12.8. The largest absolute Gasteiger partial charge is 0.489 e. The van der Waals surface area contributed by atoms with Crippen molar-refractivity contribution < 1.29 is 9.53 Å². The maximum atomic E-state index is 12.8. The van der Waals surface area contributed by atoms with Crippen LogP contribution in [0.4, 0.5) is 5.69 Å². The van der Waals surface area contributed by atoms with E-state index >= 15 is 0 Å². The number of fused-ring (bicyclic) bond motifs is 6. The van der Waals surface area contributed by atoms with E-state index in [2.05, 4.69) is 10.2 Å². The average molecular weight is 334 g/mol. The van der Waals surface area contributed by atoms with Crippen molar-refractivity contribution in [1.29, 1.82) is 0 Å². The molecule has 1 aliphatic carbocycles. The predicted octanol–water partition coefficient (Wildman–Crippen LogP) is 3.41. The Bertz CT molecular complexity index is 853. The van der Waals surface area contributed by atoms with Gasteiger partial charge in [-0.2, -0.15) is 0 Å². The van der Waals surface area contributed by atoms with Crippen molar-refractivity contribution in [3.8, 4) is 16.9 Å². The molecule has 2 bridgehead atoms. The molecule has 0 spiro atoms. The quantitative estimate of drug-likeness (QED) is 0.797. The van der Waals surface area contributed by atoms with E-state index in [4.69, 9.17) is 4.74 Å². The number of carbonyl (C=O) groups is 1. The molecule has 3 heterocycles. The summed E-state index contributed by atoms with van der Waals surface area (Å²) < 4.78 is 6.30. The Hall–Kier alpha value is -2.33. The van der Waals surface area contributed by atoms with Crippen molar-refractivity contribution in [3.63, 3.8) is 0 Å². The van der Waals surface area contributed by atoms with Gasteiger partial charge in [-0.1, -0.05) is 6.07 Å². The van der Waals surface area contributed by atoms with Gasteiger partial charge in [-0.05, 0) is 73.3 Å². The zero-order valence-electron chi connectivity index (χ0n) is 14.4. The average Bonchev–Trinajstić information content (AvgIpc) is 2.94. The highest BCUT2D eigenvalue weighted by molar-refractivity contribution is 6.22. The summed E-state index contributed by atoms with van der Waals surface area (Å²) in [5.41, 5.74) is 4.55. The van der Waals surface area contributed by atoms with E-state index < -0.39 is 0 Å². The van der Waals surface area contributed by atoms with Gasteiger partial charge in [-0.25, -0.2) is 0 Å². The van der Waals surface area contributed by atoms with Gasteiger partial charge in [0.2, 0.25) is 0 Å². The number of rotatable bonds is 3. The number of nitrogens with one attached hydrogen (secondary N) is 1. The van der Waals surface area contributed by atoms with Gasteiger partial charge < -0.3 is 10.1 Å². The zero-order valence-corrected chi connectivity index (χ0v) is 14.4. The summed E-state index contributed by atoms with van der Waals surface area (Å²) in [7, 11) is 1.87. The van der Waals surface area contributed by atoms with E-state index in [1.54, 1.807) is 0 Å². The van der Waals surface area contributed by atoms with Crippen molar-refractivity contribution in [2.24, 2.45) is 5.92 Å². The van der Waals surface area contributed by atoms with Crippen LogP contribution < -0.4 is 10.1 Å². The first-order valence-corrected chi connectivity index (χ1v) is 9.13. The Balaban J connectivity index is 1.44. The second kappa shape index (κ2) is 5.60. The van der Waals surface area contributed by atoms with Crippen LogP contribution in [0.3, 0.4) is 0 Å². The Morgan fingerprint density at radius 3 is 2.40 bits per heavy atom. The molecule has 0 saturated carbocycles. The SMILES string of the molecule is CNc1ccc2c(c1)C(=O)c1cc(O[C@@H]3CN4CCC3CC4)ccc1-2. The van der Waals surface area contributed by atoms with Crippen molar-refractivity contribution in [2.45, 2.75) is 18.9 Å². The van der Waals surface area contributed by atoms with Gasteiger partial charge in [0, 0.05) is 30.4 Å². The molecule has 6 rings (SSSR count). The molecule has 4 aliphatic rings. The molecular weight excluding hydrogens is 312 g/mol. The number of piperidine rings is 3. The molecule has 128 valence electrons. The number of nitrogens with zero attached hydrogens (tertiary/aromatic N) is 1. The third-order valence-electron chi connectivity index (χ3n) is 5.96. The number of anilines is 1. The van der Waals surface area contributed by atoms with Crippen LogP contribution in [-0.4, -0.2) is 43.5 Å². The van der Waals surface area contributed by atoms with Crippen LogP contribution in [0, 0.1) is 5.92 Å². The summed E-state index contributed by atoms with van der Waals surface area (Å²) in [6, 6.07) is 12.0. The minimum Gasteiger partial charge on any atom is -0.489 e. The summed E-state index contributed by atoms with van der Waals surface area (Å²) in [6.45, 7) is 3.42. The van der Waals surface area contributed by atoms with Crippen molar-refractivity contribution >= 4 is 11.5 Å². The molecule has 1 atom stereocenters. The summed E-state index contributed by atoms with van der Waals surface area (Å²) in [5, 5.41) is 3.10. The van der Waals surface area contributed by atoms with Crippen LogP contribution in [0.25, 0.3) is 11.1 Å². The van der Waals surface area contributed by atoms with Crippen LogP contribution in [0.15, 0.2) is 36.4 Å². The second-order valence-electron chi connectivity index (χ2n) is 7.34. The van der Waals surface area contributed by atoms with Crippen LogP contribution in [0.2, 0.25) is 0 Å². The number of benzene rings is 2. The van der Waals surface area contributed by atoms with Gasteiger partial charge in [0.25, 0.3) is 0 Å². The lowest BCUT2D eigenvalue weighted by atomic mass is 9.86. The Kier molecular flexibility index (Phi) is 3.35. The lowest BCUT2D eigenvalue weighted by Crippen LogP contribution is -2.52. The van der Waals surface area contributed by atoms with Gasteiger partial charge in [-0.3, -0.25) is 9.69 Å². The molecule has 3 aliphatic heterocycles. The summed E-state index contributed by atoms with van der Waals surface area (Å²) >= 11 is 0. The van der Waals surface area contributed by atoms with E-state index in [1.165, 1.54) is 25.9 Å². The smallest absolute Gasteiger partial charge is 0.194 e. The van der Waals surface area contributed by atoms with Crippen molar-refractivity contribution in [2.75, 3.05) is 32.0 Å². The Labute approximate surface area is 147 Å². The molecule has 0 aromatic heterocycles. The molecule has 3 fully saturated rings. The van der Waals surface area contributed by atoms with Crippen LogP contribution in [-0.2, 0) is 0 Å². The maximum Gasteiger partial charge on any atom is 0.194 e. The van der Waals surface area contributed by atoms with Crippen LogP contribution in [0.1, 0.15) is 28.8 Å². The minimum atomic E-state index is 0.0986. The third kappa shape index (κ3) is 2.35. The van der Waals surface area contributed by atoms with E-state index in [-0.39, 0.29) is 11.9 Å². The number of ketones is 1. The molecule has 0 radical (unpaired) electrons. The number of hydrogen-bond acceptors (Lipinski definition) is 4. The molecule has 0 amide bonds. The summed E-state index contributed by atoms with van der Waals surface area (Å²) in [6.07, 6.45) is 2.72. The fourth-order valence-corrected chi connectivity index (χ4v) is 4.51. The highest BCUT2D eigenvalue weighted by atomic mass is 16.5. The van der Waals surface area contributed by atoms with E-state index in [9.17, 15) is 4.79 Å². The van der Waals surface area contributed by atoms with E-state index in [1.807, 2.05) is 43.4 Å². The van der Waals surface area contributed by atoms with Crippen LogP contribution in [0.5, 0.6) is 5.75 Å². The van der Waals surface area contributed by atoms with Gasteiger partial charge in [-0.15, -0.1) is 0 Å². The third-order valence-corrected chi connectivity index (χ3v) is 5.96.